The Morgan fingerprint density at radius 1 is 1.26 bits per heavy atom. The summed E-state index contributed by atoms with van der Waals surface area (Å²) in [5.41, 5.74) is -0.777. The fourth-order valence-corrected chi connectivity index (χ4v) is 3.30. The van der Waals surface area contributed by atoms with E-state index in [1.54, 1.807) is 30.3 Å². The number of carboxylic acid groups (broad SMARTS) is 1. The first-order valence-electron chi connectivity index (χ1n) is 7.79. The van der Waals surface area contributed by atoms with Crippen LogP contribution < -0.4 is 5.32 Å². The molecule has 0 bridgehead atoms. The zero-order valence-corrected chi connectivity index (χ0v) is 16.4. The number of alkyl halides is 1. The summed E-state index contributed by atoms with van der Waals surface area (Å²) in [6.07, 6.45) is 0.687. The Kier molecular flexibility index (Phi) is 7.46. The first-order valence-corrected chi connectivity index (χ1v) is 9.43. The molecule has 2 aromatic rings. The summed E-state index contributed by atoms with van der Waals surface area (Å²) in [7, 11) is 0. The summed E-state index contributed by atoms with van der Waals surface area (Å²) >= 11 is 13.2. The number of ketones is 1. The molecule has 0 aliphatic heterocycles. The van der Waals surface area contributed by atoms with E-state index in [1.165, 1.54) is 11.3 Å². The minimum absolute atomic E-state index is 0.299. The first-order chi connectivity index (χ1) is 12.8. The Labute approximate surface area is 169 Å². The van der Waals surface area contributed by atoms with Gasteiger partial charge < -0.3 is 10.4 Å². The molecule has 0 spiro atoms. The van der Waals surface area contributed by atoms with Crippen LogP contribution in [-0.4, -0.2) is 34.8 Å². The van der Waals surface area contributed by atoms with Crippen LogP contribution in [-0.2, 0) is 16.0 Å². The molecule has 142 valence electrons. The van der Waals surface area contributed by atoms with Crippen LogP contribution in [0.25, 0.3) is 0 Å². The Bertz CT molecular complexity index is 898. The lowest BCUT2D eigenvalue weighted by Crippen LogP contribution is -2.34. The van der Waals surface area contributed by atoms with Gasteiger partial charge in [0.25, 0.3) is 5.91 Å². The van der Waals surface area contributed by atoms with Gasteiger partial charge in [-0.3, -0.25) is 14.4 Å². The third-order valence-electron chi connectivity index (χ3n) is 3.36. The van der Waals surface area contributed by atoms with E-state index >= 15 is 0 Å². The number of halogens is 2. The minimum atomic E-state index is -1.42. The number of rotatable bonds is 8. The van der Waals surface area contributed by atoms with Gasteiger partial charge in [0.05, 0.1) is 10.6 Å². The Hall–Kier alpha value is -2.29. The molecule has 0 saturated heterocycles. The summed E-state index contributed by atoms with van der Waals surface area (Å²) in [5.74, 6) is -2.32. The van der Waals surface area contributed by atoms with E-state index in [-0.39, 0.29) is 5.78 Å². The highest BCUT2D eigenvalue weighted by molar-refractivity contribution is 7.16. The van der Waals surface area contributed by atoms with Crippen molar-refractivity contribution in [2.45, 2.75) is 18.8 Å². The number of nitrogens with zero attached hydrogens (tertiary/aromatic N) is 2. The number of carbonyl (C=O) groups is 3. The number of carbonyl (C=O) groups excluding carboxylic acids is 2. The molecule has 0 saturated carbocycles. The lowest BCUT2D eigenvalue weighted by atomic mass is 10.0. The largest absolute Gasteiger partial charge is 0.480 e. The molecular weight excluding hydrogens is 413 g/mol. The summed E-state index contributed by atoms with van der Waals surface area (Å²) in [4.78, 5) is 35.9. The molecule has 0 aliphatic rings. The molecule has 1 heterocycles. The van der Waals surface area contributed by atoms with Gasteiger partial charge in [0.15, 0.2) is 5.78 Å². The summed E-state index contributed by atoms with van der Waals surface area (Å²) in [5, 5.41) is 18.9. The number of carboxylic acids is 1. The van der Waals surface area contributed by atoms with Crippen LogP contribution in [0.15, 0.2) is 40.6 Å². The van der Waals surface area contributed by atoms with Crippen LogP contribution in [0.5, 0.6) is 0 Å². The molecular formula is C17H15Cl2N3O4S. The number of nitrogens with one attached hydrogen (secondary N) is 1. The van der Waals surface area contributed by atoms with E-state index in [0.29, 0.717) is 27.6 Å². The lowest BCUT2D eigenvalue weighted by Gasteiger charge is -2.04. The highest BCUT2D eigenvalue weighted by Gasteiger charge is 2.20. The van der Waals surface area contributed by atoms with Crippen molar-refractivity contribution in [3.63, 3.8) is 0 Å². The fraction of sp³-hybridized carbons (Fsp3) is 0.235. The van der Waals surface area contributed by atoms with Crippen molar-refractivity contribution in [1.82, 2.24) is 5.32 Å². The van der Waals surface area contributed by atoms with Gasteiger partial charge >= 0.3 is 5.97 Å². The topological polar surface area (TPSA) is 108 Å². The second kappa shape index (κ2) is 9.59. The molecule has 1 amide bonds. The van der Waals surface area contributed by atoms with E-state index in [4.69, 9.17) is 28.3 Å². The quantitative estimate of drug-likeness (QED) is 0.286. The van der Waals surface area contributed by atoms with E-state index in [0.717, 1.165) is 4.88 Å². The molecule has 1 aromatic carbocycles. The van der Waals surface area contributed by atoms with Crippen molar-refractivity contribution in [2.24, 2.45) is 10.2 Å². The predicted molar refractivity (Wildman–Crippen MR) is 103 cm³/mol. The molecule has 2 N–H and O–H groups in total. The molecule has 7 nitrogen and oxygen atoms in total. The zero-order valence-electron chi connectivity index (χ0n) is 14.1. The lowest BCUT2D eigenvalue weighted by molar-refractivity contribution is -0.137. The summed E-state index contributed by atoms with van der Waals surface area (Å²) < 4.78 is 0. The number of azo groups is 1. The second-order valence-electron chi connectivity index (χ2n) is 5.26. The number of amides is 1. The molecule has 0 radical (unpaired) electrons. The summed E-state index contributed by atoms with van der Waals surface area (Å²) in [6, 6.07) is 8.36. The van der Waals surface area contributed by atoms with Crippen LogP contribution in [0.3, 0.4) is 0 Å². The number of aliphatic carboxylic acids is 1. The zero-order chi connectivity index (χ0) is 20.0. The third-order valence-corrected chi connectivity index (χ3v) is 5.13. The van der Waals surface area contributed by atoms with Crippen LogP contribution in [0.1, 0.15) is 27.7 Å². The highest BCUT2D eigenvalue weighted by Crippen LogP contribution is 2.34. The number of hydrogen-bond acceptors (Lipinski definition) is 6. The molecule has 1 unspecified atom stereocenters. The van der Waals surface area contributed by atoms with Gasteiger partial charge in [-0.15, -0.1) is 16.5 Å². The van der Waals surface area contributed by atoms with Crippen molar-refractivity contribution in [3.8, 4) is 0 Å². The van der Waals surface area contributed by atoms with E-state index in [1.807, 2.05) is 6.92 Å². The monoisotopic (exact) mass is 427 g/mol. The minimum Gasteiger partial charge on any atom is -0.480 e. The maximum absolute atomic E-state index is 12.8. The maximum atomic E-state index is 12.8. The second-order valence-corrected chi connectivity index (χ2v) is 7.19. The first kappa shape index (κ1) is 21.0. The highest BCUT2D eigenvalue weighted by atomic mass is 35.5. The molecule has 1 atom stereocenters. The number of benzene rings is 1. The van der Waals surface area contributed by atoms with Gasteiger partial charge in [0.2, 0.25) is 5.50 Å². The molecule has 1 aromatic heterocycles. The average Bonchev–Trinajstić information content (AvgIpc) is 3.07. The van der Waals surface area contributed by atoms with E-state index < -0.39 is 23.9 Å². The van der Waals surface area contributed by atoms with Gasteiger partial charge in [-0.2, -0.15) is 5.11 Å². The number of hydrogen-bond donors (Lipinski definition) is 2. The SMILES string of the molecule is CCc1cc(C(=O)c2ccccc2Cl)c(/N=N/C(Cl)C(=O)NCC(=O)O)s1. The van der Waals surface area contributed by atoms with Gasteiger partial charge in [-0.25, -0.2) is 0 Å². The average molecular weight is 428 g/mol. The van der Waals surface area contributed by atoms with Crippen molar-refractivity contribution in [1.29, 1.82) is 0 Å². The molecule has 0 fully saturated rings. The van der Waals surface area contributed by atoms with Crippen molar-refractivity contribution < 1.29 is 19.5 Å². The predicted octanol–water partition coefficient (Wildman–Crippen LogP) is 4.04. The van der Waals surface area contributed by atoms with Crippen molar-refractivity contribution in [3.05, 3.63) is 51.4 Å². The van der Waals surface area contributed by atoms with Crippen LogP contribution in [0.4, 0.5) is 5.00 Å². The van der Waals surface area contributed by atoms with Crippen LogP contribution >= 0.6 is 34.5 Å². The molecule has 2 rings (SSSR count). The Morgan fingerprint density at radius 3 is 2.59 bits per heavy atom. The number of thiophene rings is 1. The van der Waals surface area contributed by atoms with E-state index in [2.05, 4.69) is 15.5 Å². The maximum Gasteiger partial charge on any atom is 0.322 e. The molecule has 10 heteroatoms. The third kappa shape index (κ3) is 5.59. The molecule has 27 heavy (non-hydrogen) atoms. The fourth-order valence-electron chi connectivity index (χ4n) is 2.04. The van der Waals surface area contributed by atoms with Crippen molar-refractivity contribution in [2.75, 3.05) is 6.54 Å². The molecule has 0 aliphatic carbocycles. The van der Waals surface area contributed by atoms with Gasteiger partial charge in [0, 0.05) is 10.4 Å². The van der Waals surface area contributed by atoms with Crippen LogP contribution in [0.2, 0.25) is 5.02 Å². The Morgan fingerprint density at radius 2 is 1.96 bits per heavy atom. The van der Waals surface area contributed by atoms with Gasteiger partial charge in [-0.1, -0.05) is 42.3 Å². The number of aryl methyl sites for hydroxylation is 1. The van der Waals surface area contributed by atoms with Gasteiger partial charge in [0.1, 0.15) is 11.5 Å². The standard InChI is InChI=1S/C17H15Cl2N3O4S/c1-2-9-7-11(14(25)10-5-3-4-6-12(10)18)17(27-9)22-21-15(19)16(26)20-8-13(23)24/h3-7,15H,2,8H2,1H3,(H,20,26)(H,23,24)/b22-21+. The van der Waals surface area contributed by atoms with Crippen LogP contribution in [0, 0.1) is 0 Å². The Balaban J connectivity index is 2.26. The van der Waals surface area contributed by atoms with E-state index in [9.17, 15) is 14.4 Å². The smallest absolute Gasteiger partial charge is 0.322 e. The normalized spacial score (nSPS) is 12.1. The van der Waals surface area contributed by atoms with Crippen molar-refractivity contribution >= 4 is 57.2 Å². The summed E-state index contributed by atoms with van der Waals surface area (Å²) in [6.45, 7) is 1.35. The van der Waals surface area contributed by atoms with Gasteiger partial charge in [-0.05, 0) is 24.6 Å².